The van der Waals surface area contributed by atoms with E-state index in [9.17, 15) is 14.4 Å². The zero-order chi connectivity index (χ0) is 44.4. The zero-order valence-electron chi connectivity index (χ0n) is 38.4. The molecule has 0 heterocycles. The highest BCUT2D eigenvalue weighted by atomic mass is 16.6. The van der Waals surface area contributed by atoms with Crippen molar-refractivity contribution >= 4 is 17.9 Å². The number of hydrogen-bond donors (Lipinski definition) is 0. The van der Waals surface area contributed by atoms with Crippen LogP contribution >= 0.6 is 0 Å². The van der Waals surface area contributed by atoms with Crippen LogP contribution in [0.15, 0.2) is 146 Å². The normalized spacial score (nSPS) is 13.4. The maximum Gasteiger partial charge on any atom is 0.306 e. The Balaban J connectivity index is 4.59. The van der Waals surface area contributed by atoms with Gasteiger partial charge in [0.25, 0.3) is 0 Å². The minimum absolute atomic E-state index is 0.125. The van der Waals surface area contributed by atoms with Gasteiger partial charge in [0.1, 0.15) is 13.2 Å². The van der Waals surface area contributed by atoms with E-state index in [1.807, 2.05) is 79.0 Å². The summed E-state index contributed by atoms with van der Waals surface area (Å²) in [6.07, 6.45) is 68.3. The Bertz CT molecular complexity index is 1430. The Hall–Kier alpha value is -4.71. The van der Waals surface area contributed by atoms with E-state index in [-0.39, 0.29) is 44.0 Å². The summed E-state index contributed by atoms with van der Waals surface area (Å²) in [6.45, 7) is 6.09. The Morgan fingerprint density at radius 3 is 0.984 bits per heavy atom. The van der Waals surface area contributed by atoms with Crippen molar-refractivity contribution in [2.45, 2.75) is 168 Å². The lowest BCUT2D eigenvalue weighted by Gasteiger charge is -2.18. The average molecular weight is 839 g/mol. The van der Waals surface area contributed by atoms with Gasteiger partial charge < -0.3 is 14.2 Å². The molecule has 0 aromatic carbocycles. The van der Waals surface area contributed by atoms with Crippen molar-refractivity contribution in [2.75, 3.05) is 13.2 Å². The molecule has 0 aliphatic heterocycles. The van der Waals surface area contributed by atoms with E-state index in [1.165, 1.54) is 19.3 Å². The van der Waals surface area contributed by atoms with E-state index in [4.69, 9.17) is 14.2 Å². The fraction of sp³-hybridized carbons (Fsp3) is 0.509. The lowest BCUT2D eigenvalue weighted by Crippen LogP contribution is -2.30. The first-order chi connectivity index (χ1) is 30.0. The molecule has 61 heavy (non-hydrogen) atoms. The monoisotopic (exact) mass is 839 g/mol. The highest BCUT2D eigenvalue weighted by Crippen LogP contribution is 2.13. The molecule has 1 unspecified atom stereocenters. The molecule has 1 atom stereocenters. The number of rotatable bonds is 39. The number of ether oxygens (including phenoxy) is 3. The first-order valence-corrected chi connectivity index (χ1v) is 23.5. The average Bonchev–Trinajstić information content (AvgIpc) is 3.26. The van der Waals surface area contributed by atoms with Crippen molar-refractivity contribution in [3.05, 3.63) is 146 Å². The van der Waals surface area contributed by atoms with E-state index in [0.29, 0.717) is 12.8 Å². The predicted octanol–water partition coefficient (Wildman–Crippen LogP) is 15.3. The summed E-state index contributed by atoms with van der Waals surface area (Å²) in [7, 11) is 0. The molecule has 0 saturated heterocycles. The van der Waals surface area contributed by atoms with E-state index in [2.05, 4.69) is 87.6 Å². The van der Waals surface area contributed by atoms with Crippen molar-refractivity contribution < 1.29 is 28.6 Å². The second-order valence-corrected chi connectivity index (χ2v) is 14.8. The number of carbonyl (C=O) groups excluding carboxylic acids is 3. The van der Waals surface area contributed by atoms with Gasteiger partial charge >= 0.3 is 17.9 Å². The van der Waals surface area contributed by atoms with Crippen LogP contribution in [0, 0.1) is 0 Å². The van der Waals surface area contributed by atoms with Gasteiger partial charge in [0, 0.05) is 19.3 Å². The topological polar surface area (TPSA) is 78.9 Å². The van der Waals surface area contributed by atoms with Crippen molar-refractivity contribution in [1.29, 1.82) is 0 Å². The molecular formula is C55H82O6. The van der Waals surface area contributed by atoms with Gasteiger partial charge in [-0.3, -0.25) is 14.4 Å². The van der Waals surface area contributed by atoms with Gasteiger partial charge in [-0.2, -0.15) is 0 Å². The fourth-order valence-corrected chi connectivity index (χ4v) is 5.66. The molecule has 0 aliphatic carbocycles. The molecule has 0 aliphatic rings. The Kier molecular flexibility index (Phi) is 44.3. The Morgan fingerprint density at radius 2 is 0.607 bits per heavy atom. The Labute approximate surface area is 372 Å². The third-order valence-electron chi connectivity index (χ3n) is 9.10. The van der Waals surface area contributed by atoms with E-state index in [0.717, 1.165) is 96.3 Å². The highest BCUT2D eigenvalue weighted by molar-refractivity contribution is 5.71. The minimum atomic E-state index is -0.829. The minimum Gasteiger partial charge on any atom is -0.462 e. The van der Waals surface area contributed by atoms with E-state index in [1.54, 1.807) is 0 Å². The summed E-state index contributed by atoms with van der Waals surface area (Å²) in [6, 6.07) is 0. The van der Waals surface area contributed by atoms with Crippen molar-refractivity contribution in [2.24, 2.45) is 0 Å². The van der Waals surface area contributed by atoms with Gasteiger partial charge in [-0.1, -0.05) is 218 Å². The molecule has 0 rings (SSSR count). The number of allylic oxidation sites excluding steroid dienone is 24. The molecule has 0 fully saturated rings. The Morgan fingerprint density at radius 1 is 0.328 bits per heavy atom. The SMILES string of the molecule is CC\C=C/C=C\C=C/C=C\C=C/CCCC(=O)OCC(COC(=O)CCCCCCC\C=C/C=C\C=C/C=C\CC)OC(=O)CCCCCCCCC\C=C/C=C\C=C/CC. The maximum absolute atomic E-state index is 12.8. The van der Waals surface area contributed by atoms with Crippen LogP contribution < -0.4 is 0 Å². The molecule has 0 saturated carbocycles. The quantitative estimate of drug-likeness (QED) is 0.0265. The first kappa shape index (κ1) is 56.3. The molecule has 338 valence electrons. The third-order valence-corrected chi connectivity index (χ3v) is 9.10. The zero-order valence-corrected chi connectivity index (χ0v) is 38.4. The third kappa shape index (κ3) is 46.2. The number of hydrogen-bond acceptors (Lipinski definition) is 6. The maximum atomic E-state index is 12.8. The molecule has 0 radical (unpaired) electrons. The lowest BCUT2D eigenvalue weighted by atomic mass is 10.1. The first-order valence-electron chi connectivity index (χ1n) is 23.5. The number of esters is 3. The summed E-state index contributed by atoms with van der Waals surface area (Å²) >= 11 is 0. The summed E-state index contributed by atoms with van der Waals surface area (Å²) < 4.78 is 16.6. The molecule has 0 aromatic rings. The van der Waals surface area contributed by atoms with Crippen molar-refractivity contribution in [3.8, 4) is 0 Å². The molecule has 0 N–H and O–H groups in total. The fourth-order valence-electron chi connectivity index (χ4n) is 5.66. The molecule has 0 bridgehead atoms. The van der Waals surface area contributed by atoms with E-state index < -0.39 is 6.10 Å². The predicted molar refractivity (Wildman–Crippen MR) is 260 cm³/mol. The van der Waals surface area contributed by atoms with Crippen LogP contribution in [0.25, 0.3) is 0 Å². The van der Waals surface area contributed by atoms with Gasteiger partial charge in [-0.25, -0.2) is 0 Å². The smallest absolute Gasteiger partial charge is 0.306 e. The number of unbranched alkanes of at least 4 members (excludes halogenated alkanes) is 13. The largest absolute Gasteiger partial charge is 0.462 e. The van der Waals surface area contributed by atoms with Gasteiger partial charge in [0.05, 0.1) is 0 Å². The standard InChI is InChI=1S/C55H82O6/c1-4-7-10-13-16-19-22-25-27-30-33-36-39-42-45-48-54(57)60-51-52(50-59-53(56)47-44-41-38-35-32-29-24-21-18-15-12-9-6-3)61-55(58)49-46-43-40-37-34-31-28-26-23-20-17-14-11-8-5-2/h7-25,27,29,32,35,38,52H,4-6,26,28,30-31,33-34,36-37,39-51H2,1-3H3/b10-7-,11-8-,12-9-,16-13-,17-14-,18-15-,22-19-,23-20-,24-21-,27-25-,32-29-,38-35-. The van der Waals surface area contributed by atoms with Crippen LogP contribution in [0.4, 0.5) is 0 Å². The molecule has 0 amide bonds. The second kappa shape index (κ2) is 48.0. The van der Waals surface area contributed by atoms with Crippen LogP contribution in [0.3, 0.4) is 0 Å². The molecule has 6 heteroatoms. The van der Waals surface area contributed by atoms with Crippen LogP contribution in [0.1, 0.15) is 162 Å². The molecule has 6 nitrogen and oxygen atoms in total. The van der Waals surface area contributed by atoms with Gasteiger partial charge in [-0.15, -0.1) is 0 Å². The summed E-state index contributed by atoms with van der Waals surface area (Å²) in [4.78, 5) is 37.8. The van der Waals surface area contributed by atoms with Crippen LogP contribution in [-0.4, -0.2) is 37.2 Å². The van der Waals surface area contributed by atoms with Gasteiger partial charge in [0.2, 0.25) is 0 Å². The van der Waals surface area contributed by atoms with Crippen LogP contribution in [-0.2, 0) is 28.6 Å². The molecule has 0 aromatic heterocycles. The van der Waals surface area contributed by atoms with Crippen molar-refractivity contribution in [3.63, 3.8) is 0 Å². The second-order valence-electron chi connectivity index (χ2n) is 14.8. The van der Waals surface area contributed by atoms with Crippen LogP contribution in [0.2, 0.25) is 0 Å². The summed E-state index contributed by atoms with van der Waals surface area (Å²) in [5.41, 5.74) is 0. The van der Waals surface area contributed by atoms with Crippen LogP contribution in [0.5, 0.6) is 0 Å². The molecular weight excluding hydrogens is 757 g/mol. The molecule has 0 spiro atoms. The number of carbonyl (C=O) groups is 3. The summed E-state index contributed by atoms with van der Waals surface area (Å²) in [5, 5.41) is 0. The lowest BCUT2D eigenvalue weighted by molar-refractivity contribution is -0.167. The van der Waals surface area contributed by atoms with Gasteiger partial charge in [-0.05, 0) is 70.6 Å². The van der Waals surface area contributed by atoms with Gasteiger partial charge in [0.15, 0.2) is 6.10 Å². The van der Waals surface area contributed by atoms with Crippen molar-refractivity contribution in [1.82, 2.24) is 0 Å². The van der Waals surface area contributed by atoms with E-state index >= 15 is 0 Å². The highest BCUT2D eigenvalue weighted by Gasteiger charge is 2.19. The summed E-state index contributed by atoms with van der Waals surface area (Å²) in [5.74, 6) is -1.05.